The van der Waals surface area contributed by atoms with Crippen LogP contribution in [0.4, 0.5) is 15.8 Å². The van der Waals surface area contributed by atoms with E-state index in [1.165, 1.54) is 6.07 Å². The van der Waals surface area contributed by atoms with Crippen molar-refractivity contribution >= 4 is 23.3 Å². The summed E-state index contributed by atoms with van der Waals surface area (Å²) in [5, 5.41) is 22.4. The fourth-order valence-corrected chi connectivity index (χ4v) is 3.31. The average Bonchev–Trinajstić information content (AvgIpc) is 2.48. The Morgan fingerprint density at radius 3 is 2.50 bits per heavy atom. The molecule has 2 N–H and O–H groups in total. The van der Waals surface area contributed by atoms with E-state index in [1.54, 1.807) is 0 Å². The Kier molecular flexibility index (Phi) is 5.48. The Morgan fingerprint density at radius 2 is 1.92 bits per heavy atom. The van der Waals surface area contributed by atoms with Gasteiger partial charge in [0.15, 0.2) is 0 Å². The fourth-order valence-electron chi connectivity index (χ4n) is 3.31. The van der Waals surface area contributed by atoms with Crippen molar-refractivity contribution in [2.75, 3.05) is 5.32 Å². The molecule has 8 heteroatoms. The second kappa shape index (κ2) is 7.37. The van der Waals surface area contributed by atoms with Crippen molar-refractivity contribution in [3.63, 3.8) is 0 Å². The lowest BCUT2D eigenvalue weighted by molar-refractivity contribution is -0.387. The highest BCUT2D eigenvalue weighted by molar-refractivity contribution is 5.91. The van der Waals surface area contributed by atoms with Crippen molar-refractivity contribution < 1.29 is 24.0 Å². The minimum absolute atomic E-state index is 0.0322. The van der Waals surface area contributed by atoms with Crippen LogP contribution in [0.2, 0.25) is 0 Å². The second-order valence-corrected chi connectivity index (χ2v) is 6.28. The smallest absolute Gasteiger partial charge is 0.306 e. The highest BCUT2D eigenvalue weighted by Crippen LogP contribution is 2.42. The SMILES string of the molecule is O=C(O)CC1(CC(=O)Nc2ccc(F)c([N+](=O)[O-])c2)CCCCC1. The number of amides is 1. The Balaban J connectivity index is 2.09. The van der Waals surface area contributed by atoms with Gasteiger partial charge in [0.25, 0.3) is 0 Å². The predicted octanol–water partition coefficient (Wildman–Crippen LogP) is 3.49. The van der Waals surface area contributed by atoms with E-state index >= 15 is 0 Å². The third-order valence-electron chi connectivity index (χ3n) is 4.40. The minimum Gasteiger partial charge on any atom is -0.481 e. The first-order valence-electron chi connectivity index (χ1n) is 7.77. The van der Waals surface area contributed by atoms with Crippen LogP contribution in [0, 0.1) is 21.3 Å². The number of anilines is 1. The lowest BCUT2D eigenvalue weighted by Gasteiger charge is -2.35. The van der Waals surface area contributed by atoms with Crippen LogP contribution >= 0.6 is 0 Å². The number of nitrogens with one attached hydrogen (secondary N) is 1. The van der Waals surface area contributed by atoms with E-state index < -0.39 is 33.7 Å². The lowest BCUT2D eigenvalue weighted by Crippen LogP contribution is -2.32. The van der Waals surface area contributed by atoms with Gasteiger partial charge >= 0.3 is 11.7 Å². The van der Waals surface area contributed by atoms with Gasteiger partial charge in [-0.05, 0) is 30.4 Å². The number of halogens is 1. The number of hydrogen-bond donors (Lipinski definition) is 2. The van der Waals surface area contributed by atoms with Crippen molar-refractivity contribution in [3.8, 4) is 0 Å². The predicted molar refractivity (Wildman–Crippen MR) is 84.1 cm³/mol. The molecule has 0 aliphatic heterocycles. The van der Waals surface area contributed by atoms with Crippen molar-refractivity contribution in [3.05, 3.63) is 34.1 Å². The maximum atomic E-state index is 13.3. The van der Waals surface area contributed by atoms with Crippen molar-refractivity contribution in [1.29, 1.82) is 0 Å². The van der Waals surface area contributed by atoms with Gasteiger partial charge < -0.3 is 10.4 Å². The van der Waals surface area contributed by atoms with E-state index in [0.717, 1.165) is 31.4 Å². The van der Waals surface area contributed by atoms with E-state index in [9.17, 15) is 24.1 Å². The van der Waals surface area contributed by atoms with Gasteiger partial charge in [0.05, 0.1) is 11.3 Å². The minimum atomic E-state index is -0.979. The molecule has 2 rings (SSSR count). The molecule has 7 nitrogen and oxygen atoms in total. The first-order valence-corrected chi connectivity index (χ1v) is 7.77. The molecule has 1 fully saturated rings. The molecule has 1 saturated carbocycles. The third-order valence-corrected chi connectivity index (χ3v) is 4.40. The average molecular weight is 338 g/mol. The molecule has 24 heavy (non-hydrogen) atoms. The summed E-state index contributed by atoms with van der Waals surface area (Å²) in [5.41, 5.74) is -1.18. The summed E-state index contributed by atoms with van der Waals surface area (Å²) >= 11 is 0. The molecule has 0 spiro atoms. The van der Waals surface area contributed by atoms with Crippen LogP contribution < -0.4 is 5.32 Å². The van der Waals surface area contributed by atoms with Crippen LogP contribution in [0.15, 0.2) is 18.2 Å². The Morgan fingerprint density at radius 1 is 1.25 bits per heavy atom. The summed E-state index contributed by atoms with van der Waals surface area (Å²) in [6.07, 6.45) is 4.05. The fraction of sp³-hybridized carbons (Fsp3) is 0.500. The number of aliphatic carboxylic acids is 1. The molecular formula is C16H19FN2O5. The summed E-state index contributed by atoms with van der Waals surface area (Å²) in [4.78, 5) is 33.3. The lowest BCUT2D eigenvalue weighted by atomic mass is 9.69. The number of benzene rings is 1. The van der Waals surface area contributed by atoms with Crippen LogP contribution in [0.5, 0.6) is 0 Å². The first kappa shape index (κ1) is 17.8. The topological polar surface area (TPSA) is 110 Å². The van der Waals surface area contributed by atoms with Crippen LogP contribution in [0.3, 0.4) is 0 Å². The number of hydrogen-bond acceptors (Lipinski definition) is 4. The molecule has 0 bridgehead atoms. The van der Waals surface area contributed by atoms with Crippen molar-refractivity contribution in [1.82, 2.24) is 0 Å². The summed E-state index contributed by atoms with van der Waals surface area (Å²) < 4.78 is 13.3. The highest BCUT2D eigenvalue weighted by atomic mass is 19.1. The summed E-state index contributed by atoms with van der Waals surface area (Å²) in [5.74, 6) is -2.34. The number of nitro groups is 1. The van der Waals surface area contributed by atoms with Gasteiger partial charge in [-0.2, -0.15) is 4.39 Å². The maximum absolute atomic E-state index is 13.3. The van der Waals surface area contributed by atoms with Crippen LogP contribution in [-0.2, 0) is 9.59 Å². The van der Waals surface area contributed by atoms with E-state index in [4.69, 9.17) is 5.11 Å². The molecule has 1 amide bonds. The molecule has 1 aromatic carbocycles. The molecule has 1 aromatic rings. The summed E-state index contributed by atoms with van der Waals surface area (Å²) in [6.45, 7) is 0. The number of nitro benzene ring substituents is 1. The Hall–Kier alpha value is -2.51. The monoisotopic (exact) mass is 338 g/mol. The zero-order valence-corrected chi connectivity index (χ0v) is 13.1. The quantitative estimate of drug-likeness (QED) is 0.609. The number of nitrogens with zero attached hydrogens (tertiary/aromatic N) is 1. The van der Waals surface area contributed by atoms with Crippen LogP contribution in [0.1, 0.15) is 44.9 Å². The standard InChI is InChI=1S/C16H19FN2O5/c17-12-5-4-11(8-13(12)19(23)24)18-14(20)9-16(10-15(21)22)6-2-1-3-7-16/h4-5,8H,1-3,6-7,9-10H2,(H,18,20)(H,21,22). The molecule has 0 heterocycles. The first-order chi connectivity index (χ1) is 11.3. The van der Waals surface area contributed by atoms with Gasteiger partial charge in [0.2, 0.25) is 11.7 Å². The molecule has 130 valence electrons. The van der Waals surface area contributed by atoms with Gasteiger partial charge in [-0.15, -0.1) is 0 Å². The number of rotatable bonds is 6. The van der Waals surface area contributed by atoms with Gasteiger partial charge in [-0.3, -0.25) is 19.7 Å². The van der Waals surface area contributed by atoms with Gasteiger partial charge in [-0.1, -0.05) is 19.3 Å². The third kappa shape index (κ3) is 4.50. The zero-order valence-electron chi connectivity index (χ0n) is 13.1. The van der Waals surface area contributed by atoms with Crippen molar-refractivity contribution in [2.45, 2.75) is 44.9 Å². The molecule has 0 saturated heterocycles. The molecular weight excluding hydrogens is 319 g/mol. The number of carboxylic acid groups (broad SMARTS) is 1. The second-order valence-electron chi connectivity index (χ2n) is 6.28. The summed E-state index contributed by atoms with van der Waals surface area (Å²) in [6, 6.07) is 3.12. The van der Waals surface area contributed by atoms with Gasteiger partial charge in [0, 0.05) is 18.2 Å². The Bertz CT molecular complexity index is 656. The van der Waals surface area contributed by atoms with Gasteiger partial charge in [-0.25, -0.2) is 0 Å². The van der Waals surface area contributed by atoms with E-state index in [0.29, 0.717) is 12.8 Å². The number of carbonyl (C=O) groups excluding carboxylic acids is 1. The normalized spacial score (nSPS) is 16.4. The van der Waals surface area contributed by atoms with E-state index in [-0.39, 0.29) is 18.5 Å². The van der Waals surface area contributed by atoms with E-state index in [2.05, 4.69) is 5.32 Å². The molecule has 0 unspecified atom stereocenters. The van der Waals surface area contributed by atoms with Crippen LogP contribution in [0.25, 0.3) is 0 Å². The van der Waals surface area contributed by atoms with Crippen LogP contribution in [-0.4, -0.2) is 21.9 Å². The molecule has 0 aromatic heterocycles. The highest BCUT2D eigenvalue weighted by Gasteiger charge is 2.36. The maximum Gasteiger partial charge on any atom is 0.306 e. The van der Waals surface area contributed by atoms with Gasteiger partial charge in [0.1, 0.15) is 0 Å². The summed E-state index contributed by atoms with van der Waals surface area (Å²) in [7, 11) is 0. The number of carboxylic acids is 1. The molecule has 1 aliphatic rings. The Labute approximate surface area is 138 Å². The van der Waals surface area contributed by atoms with E-state index in [1.807, 2.05) is 0 Å². The zero-order chi connectivity index (χ0) is 17.7. The van der Waals surface area contributed by atoms with Crippen molar-refractivity contribution in [2.24, 2.45) is 5.41 Å². The molecule has 1 aliphatic carbocycles. The molecule has 0 atom stereocenters. The molecule has 0 radical (unpaired) electrons. The largest absolute Gasteiger partial charge is 0.481 e. The number of carbonyl (C=O) groups is 2.